The molecule has 3 unspecified atom stereocenters. The van der Waals surface area contributed by atoms with Gasteiger partial charge in [0.15, 0.2) is 0 Å². The maximum Gasteiger partial charge on any atom is 0.0957 e. The van der Waals surface area contributed by atoms with Crippen molar-refractivity contribution in [3.63, 3.8) is 0 Å². The molecule has 0 spiro atoms. The SMILES string of the molecule is OCC1CCNC(C2CN(CO)CCN2)C1. The van der Waals surface area contributed by atoms with Gasteiger partial charge in [-0.2, -0.15) is 0 Å². The lowest BCUT2D eigenvalue weighted by atomic mass is 9.88. The summed E-state index contributed by atoms with van der Waals surface area (Å²) in [6.07, 6.45) is 2.11. The molecule has 2 saturated heterocycles. The van der Waals surface area contributed by atoms with Crippen molar-refractivity contribution in [1.82, 2.24) is 15.5 Å². The van der Waals surface area contributed by atoms with Gasteiger partial charge in [-0.1, -0.05) is 0 Å². The van der Waals surface area contributed by atoms with Gasteiger partial charge in [0.05, 0.1) is 6.73 Å². The zero-order valence-electron chi connectivity index (χ0n) is 9.73. The number of rotatable bonds is 3. The summed E-state index contributed by atoms with van der Waals surface area (Å²) in [6.45, 7) is 4.19. The number of piperidine rings is 1. The number of hydrogen-bond donors (Lipinski definition) is 4. The van der Waals surface area contributed by atoms with E-state index < -0.39 is 0 Å². The molecule has 2 rings (SSSR count). The molecule has 5 heteroatoms. The van der Waals surface area contributed by atoms with Gasteiger partial charge in [-0.3, -0.25) is 4.90 Å². The molecule has 2 aliphatic rings. The predicted octanol–water partition coefficient (Wildman–Crippen LogP) is -1.43. The number of nitrogens with zero attached hydrogens (tertiary/aromatic N) is 1. The number of piperazine rings is 1. The second-order valence-electron chi connectivity index (χ2n) is 4.91. The van der Waals surface area contributed by atoms with Crippen LogP contribution >= 0.6 is 0 Å². The molecule has 0 radical (unpaired) electrons. The third-order valence-electron chi connectivity index (χ3n) is 3.78. The van der Waals surface area contributed by atoms with Crippen molar-refractivity contribution in [2.75, 3.05) is 39.5 Å². The van der Waals surface area contributed by atoms with Crippen molar-refractivity contribution in [2.24, 2.45) is 5.92 Å². The summed E-state index contributed by atoms with van der Waals surface area (Å²) in [5.41, 5.74) is 0. The van der Waals surface area contributed by atoms with Crippen LogP contribution in [-0.4, -0.2) is 66.7 Å². The largest absolute Gasteiger partial charge is 0.396 e. The van der Waals surface area contributed by atoms with Gasteiger partial charge >= 0.3 is 0 Å². The molecule has 0 amide bonds. The highest BCUT2D eigenvalue weighted by Gasteiger charge is 2.30. The average molecular weight is 229 g/mol. The van der Waals surface area contributed by atoms with Crippen LogP contribution in [0.25, 0.3) is 0 Å². The Morgan fingerprint density at radius 1 is 1.12 bits per heavy atom. The van der Waals surface area contributed by atoms with E-state index in [1.807, 2.05) is 0 Å². The van der Waals surface area contributed by atoms with Crippen LogP contribution in [0, 0.1) is 5.92 Å². The highest BCUT2D eigenvalue weighted by Crippen LogP contribution is 2.18. The smallest absolute Gasteiger partial charge is 0.0957 e. The van der Waals surface area contributed by atoms with E-state index in [1.54, 1.807) is 0 Å². The number of nitrogens with one attached hydrogen (secondary N) is 2. The van der Waals surface area contributed by atoms with E-state index in [9.17, 15) is 5.11 Å². The van der Waals surface area contributed by atoms with Gasteiger partial charge in [0.1, 0.15) is 0 Å². The van der Waals surface area contributed by atoms with E-state index in [2.05, 4.69) is 15.5 Å². The Bertz CT molecular complexity index is 193. The van der Waals surface area contributed by atoms with Crippen molar-refractivity contribution in [3.05, 3.63) is 0 Å². The van der Waals surface area contributed by atoms with E-state index in [0.717, 1.165) is 39.0 Å². The molecule has 2 fully saturated rings. The topological polar surface area (TPSA) is 67.8 Å². The summed E-state index contributed by atoms with van der Waals surface area (Å²) >= 11 is 0. The van der Waals surface area contributed by atoms with Crippen LogP contribution in [0.15, 0.2) is 0 Å². The van der Waals surface area contributed by atoms with Gasteiger partial charge in [-0.25, -0.2) is 0 Å². The fraction of sp³-hybridized carbons (Fsp3) is 1.00. The van der Waals surface area contributed by atoms with Gasteiger partial charge in [0, 0.05) is 38.3 Å². The van der Waals surface area contributed by atoms with Crippen LogP contribution < -0.4 is 10.6 Å². The molecule has 0 aromatic heterocycles. The third-order valence-corrected chi connectivity index (χ3v) is 3.78. The molecule has 2 aliphatic heterocycles. The fourth-order valence-electron chi connectivity index (χ4n) is 2.75. The normalized spacial score (nSPS) is 37.5. The molecular formula is C11H23N3O2. The molecule has 0 aromatic carbocycles. The van der Waals surface area contributed by atoms with Crippen molar-refractivity contribution in [1.29, 1.82) is 0 Å². The summed E-state index contributed by atoms with van der Waals surface area (Å²) in [7, 11) is 0. The second-order valence-corrected chi connectivity index (χ2v) is 4.91. The van der Waals surface area contributed by atoms with E-state index in [0.29, 0.717) is 24.6 Å². The molecule has 94 valence electrons. The summed E-state index contributed by atoms with van der Waals surface area (Å²) < 4.78 is 0. The Balaban J connectivity index is 1.85. The monoisotopic (exact) mass is 229 g/mol. The lowest BCUT2D eigenvalue weighted by Gasteiger charge is -2.40. The highest BCUT2D eigenvalue weighted by molar-refractivity contribution is 4.91. The standard InChI is InChI=1S/C11H23N3O2/c15-7-9-1-2-12-10(5-9)11-6-14(8-16)4-3-13-11/h9-13,15-16H,1-8H2. The van der Waals surface area contributed by atoms with Gasteiger partial charge in [-0.15, -0.1) is 0 Å². The van der Waals surface area contributed by atoms with Crippen molar-refractivity contribution >= 4 is 0 Å². The molecule has 2 heterocycles. The second kappa shape index (κ2) is 5.93. The van der Waals surface area contributed by atoms with Gasteiger partial charge in [-0.05, 0) is 25.3 Å². The zero-order chi connectivity index (χ0) is 11.4. The molecule has 0 aliphatic carbocycles. The van der Waals surface area contributed by atoms with Gasteiger partial charge in [0.2, 0.25) is 0 Å². The first-order valence-electron chi connectivity index (χ1n) is 6.24. The first-order chi connectivity index (χ1) is 7.83. The Labute approximate surface area is 96.8 Å². The molecular weight excluding hydrogens is 206 g/mol. The molecule has 0 bridgehead atoms. The van der Waals surface area contributed by atoms with E-state index in [4.69, 9.17) is 5.11 Å². The fourth-order valence-corrected chi connectivity index (χ4v) is 2.75. The van der Waals surface area contributed by atoms with Crippen molar-refractivity contribution in [2.45, 2.75) is 24.9 Å². The molecule has 3 atom stereocenters. The van der Waals surface area contributed by atoms with Crippen LogP contribution in [0.1, 0.15) is 12.8 Å². The Hall–Kier alpha value is -0.200. The van der Waals surface area contributed by atoms with Crippen LogP contribution in [-0.2, 0) is 0 Å². The Morgan fingerprint density at radius 2 is 1.94 bits per heavy atom. The van der Waals surface area contributed by atoms with Crippen molar-refractivity contribution < 1.29 is 10.2 Å². The van der Waals surface area contributed by atoms with Crippen LogP contribution in [0.2, 0.25) is 0 Å². The summed E-state index contributed by atoms with van der Waals surface area (Å²) in [4.78, 5) is 2.06. The van der Waals surface area contributed by atoms with Crippen LogP contribution in [0.5, 0.6) is 0 Å². The quantitative estimate of drug-likeness (QED) is 0.478. The minimum Gasteiger partial charge on any atom is -0.396 e. The average Bonchev–Trinajstić information content (AvgIpc) is 2.39. The van der Waals surface area contributed by atoms with Crippen molar-refractivity contribution in [3.8, 4) is 0 Å². The predicted molar refractivity (Wildman–Crippen MR) is 62.1 cm³/mol. The first kappa shape index (κ1) is 12.3. The minimum absolute atomic E-state index is 0.147. The summed E-state index contributed by atoms with van der Waals surface area (Å²) in [5.74, 6) is 0.442. The number of aliphatic hydroxyl groups excluding tert-OH is 2. The number of hydrogen-bond acceptors (Lipinski definition) is 5. The summed E-state index contributed by atoms with van der Waals surface area (Å²) in [5, 5.41) is 25.4. The maximum absolute atomic E-state index is 9.21. The molecule has 0 aromatic rings. The maximum atomic E-state index is 9.21. The third kappa shape index (κ3) is 2.93. The molecule has 4 N–H and O–H groups in total. The van der Waals surface area contributed by atoms with E-state index in [-0.39, 0.29) is 6.73 Å². The highest BCUT2D eigenvalue weighted by atomic mass is 16.3. The first-order valence-corrected chi connectivity index (χ1v) is 6.24. The molecule has 5 nitrogen and oxygen atoms in total. The van der Waals surface area contributed by atoms with Gasteiger partial charge < -0.3 is 20.8 Å². The molecule has 0 saturated carbocycles. The van der Waals surface area contributed by atoms with Crippen LogP contribution in [0.3, 0.4) is 0 Å². The Morgan fingerprint density at radius 3 is 2.69 bits per heavy atom. The molecule has 16 heavy (non-hydrogen) atoms. The Kier molecular flexibility index (Phi) is 4.55. The minimum atomic E-state index is 0.147. The summed E-state index contributed by atoms with van der Waals surface area (Å²) in [6, 6.07) is 0.829. The lowest BCUT2D eigenvalue weighted by molar-refractivity contribution is 0.0628. The zero-order valence-corrected chi connectivity index (χ0v) is 9.73. The van der Waals surface area contributed by atoms with Crippen LogP contribution in [0.4, 0.5) is 0 Å². The lowest BCUT2D eigenvalue weighted by Crippen LogP contribution is -2.60. The number of aliphatic hydroxyl groups is 2. The van der Waals surface area contributed by atoms with E-state index >= 15 is 0 Å². The van der Waals surface area contributed by atoms with E-state index in [1.165, 1.54) is 0 Å². The van der Waals surface area contributed by atoms with Gasteiger partial charge in [0.25, 0.3) is 0 Å².